The lowest BCUT2D eigenvalue weighted by atomic mass is 10.0. The zero-order chi connectivity index (χ0) is 22.6. The number of aliphatic carboxylic acids is 1. The highest BCUT2D eigenvalue weighted by atomic mass is 79.9. The number of likely N-dealkylation sites (N-methyl/N-ethyl adjacent to an activating group) is 1. The van der Waals surface area contributed by atoms with Crippen molar-refractivity contribution in [2.24, 2.45) is 5.92 Å². The standard InChI is InChI=1S/C20H24BrF3N2O4/c1-12(2)9-26-17(21)16(20(22,23)24)18(25(26)3)30-10-13-7-5-6-8-14(13)15(11-29-4)19(27)28/h5-8,11-12,18H,9-10H2,1-4H3,(H,27,28)/b15-11+. The number of hydrogen-bond acceptors (Lipinski definition) is 5. The van der Waals surface area contributed by atoms with E-state index in [0.29, 0.717) is 17.7 Å². The lowest BCUT2D eigenvalue weighted by Gasteiger charge is -2.32. The molecule has 1 atom stereocenters. The zero-order valence-electron chi connectivity index (χ0n) is 17.0. The summed E-state index contributed by atoms with van der Waals surface area (Å²) in [7, 11) is 2.84. The van der Waals surface area contributed by atoms with Crippen LogP contribution < -0.4 is 0 Å². The van der Waals surface area contributed by atoms with Crippen molar-refractivity contribution >= 4 is 27.5 Å². The van der Waals surface area contributed by atoms with Crippen molar-refractivity contribution in [1.82, 2.24) is 10.0 Å². The fourth-order valence-electron chi connectivity index (χ4n) is 3.12. The van der Waals surface area contributed by atoms with Crippen molar-refractivity contribution in [3.05, 3.63) is 51.8 Å². The van der Waals surface area contributed by atoms with Crippen molar-refractivity contribution in [2.75, 3.05) is 20.7 Å². The van der Waals surface area contributed by atoms with Crippen LogP contribution in [0.4, 0.5) is 13.2 Å². The van der Waals surface area contributed by atoms with E-state index in [1.807, 2.05) is 13.8 Å². The highest BCUT2D eigenvalue weighted by molar-refractivity contribution is 9.11. The first kappa shape index (κ1) is 24.2. The molecule has 2 rings (SSSR count). The molecule has 1 aromatic rings. The molecule has 10 heteroatoms. The van der Waals surface area contributed by atoms with E-state index in [4.69, 9.17) is 9.47 Å². The van der Waals surface area contributed by atoms with Crippen molar-refractivity contribution < 1.29 is 32.5 Å². The molecule has 0 aromatic heterocycles. The predicted molar refractivity (Wildman–Crippen MR) is 109 cm³/mol. The summed E-state index contributed by atoms with van der Waals surface area (Å²) in [6, 6.07) is 6.45. The van der Waals surface area contributed by atoms with Gasteiger partial charge in [0.15, 0.2) is 6.23 Å². The summed E-state index contributed by atoms with van der Waals surface area (Å²) in [5, 5.41) is 12.3. The highest BCUT2D eigenvalue weighted by Gasteiger charge is 2.50. The Bertz CT molecular complexity index is 840. The average Bonchev–Trinajstić information content (AvgIpc) is 2.88. The van der Waals surface area contributed by atoms with Crippen LogP contribution in [-0.4, -0.2) is 54.2 Å². The average molecular weight is 493 g/mol. The van der Waals surface area contributed by atoms with E-state index in [9.17, 15) is 23.1 Å². The van der Waals surface area contributed by atoms with Crippen LogP contribution in [0.2, 0.25) is 0 Å². The molecular weight excluding hydrogens is 469 g/mol. The second kappa shape index (κ2) is 9.84. The quantitative estimate of drug-likeness (QED) is 0.325. The van der Waals surface area contributed by atoms with E-state index in [1.165, 1.54) is 24.2 Å². The Kier molecular flexibility index (Phi) is 7.95. The maximum atomic E-state index is 13.8. The van der Waals surface area contributed by atoms with E-state index < -0.39 is 23.9 Å². The van der Waals surface area contributed by atoms with Gasteiger partial charge in [-0.15, -0.1) is 0 Å². The van der Waals surface area contributed by atoms with Gasteiger partial charge in [-0.05, 0) is 33.0 Å². The Morgan fingerprint density at radius 2 is 1.97 bits per heavy atom. The van der Waals surface area contributed by atoms with E-state index in [0.717, 1.165) is 6.26 Å². The summed E-state index contributed by atoms with van der Waals surface area (Å²) >= 11 is 3.08. The van der Waals surface area contributed by atoms with Gasteiger partial charge >= 0.3 is 12.1 Å². The first-order valence-corrected chi connectivity index (χ1v) is 9.91. The topological polar surface area (TPSA) is 62.2 Å². The molecule has 0 aliphatic carbocycles. The Morgan fingerprint density at radius 3 is 2.50 bits per heavy atom. The number of methoxy groups -OCH3 is 1. The van der Waals surface area contributed by atoms with Gasteiger partial charge in [0, 0.05) is 13.6 Å². The Labute approximate surface area is 181 Å². The number of alkyl halides is 3. The van der Waals surface area contributed by atoms with E-state index in [2.05, 4.69) is 15.9 Å². The largest absolute Gasteiger partial charge is 0.503 e. The molecule has 166 valence electrons. The van der Waals surface area contributed by atoms with Crippen LogP contribution in [0.1, 0.15) is 25.0 Å². The molecule has 6 nitrogen and oxygen atoms in total. The highest BCUT2D eigenvalue weighted by Crippen LogP contribution is 2.42. The number of halogens is 4. The number of carboxylic acid groups (broad SMARTS) is 1. The molecule has 0 saturated carbocycles. The third kappa shape index (κ3) is 5.35. The van der Waals surface area contributed by atoms with Crippen molar-refractivity contribution in [3.63, 3.8) is 0 Å². The van der Waals surface area contributed by atoms with Gasteiger partial charge < -0.3 is 14.6 Å². The van der Waals surface area contributed by atoms with Gasteiger partial charge in [-0.1, -0.05) is 38.1 Å². The number of nitrogens with zero attached hydrogens (tertiary/aromatic N) is 2. The number of rotatable bonds is 8. The number of carbonyl (C=O) groups is 1. The lowest BCUT2D eigenvalue weighted by molar-refractivity contribution is -0.146. The maximum absolute atomic E-state index is 13.8. The molecule has 0 saturated heterocycles. The molecule has 30 heavy (non-hydrogen) atoms. The number of hydrazine groups is 1. The molecule has 0 radical (unpaired) electrons. The normalized spacial score (nSPS) is 18.5. The van der Waals surface area contributed by atoms with Gasteiger partial charge in [-0.2, -0.15) is 18.2 Å². The molecule has 1 aliphatic rings. The van der Waals surface area contributed by atoms with Gasteiger partial charge in [0.25, 0.3) is 0 Å². The minimum absolute atomic E-state index is 0.0880. The summed E-state index contributed by atoms with van der Waals surface area (Å²) < 4.78 is 51.7. The summed E-state index contributed by atoms with van der Waals surface area (Å²) in [5.74, 6) is -1.10. The number of ether oxygens (including phenoxy) is 2. The minimum Gasteiger partial charge on any atom is -0.503 e. The van der Waals surface area contributed by atoms with Gasteiger partial charge in [-0.25, -0.2) is 4.79 Å². The fraction of sp³-hybridized carbons (Fsp3) is 0.450. The second-order valence-corrected chi connectivity index (χ2v) is 7.90. The smallest absolute Gasteiger partial charge is 0.419 e. The van der Waals surface area contributed by atoms with Crippen LogP contribution >= 0.6 is 15.9 Å². The van der Waals surface area contributed by atoms with Crippen LogP contribution in [-0.2, 0) is 20.9 Å². The molecule has 0 fully saturated rings. The molecule has 0 bridgehead atoms. The second-order valence-electron chi connectivity index (χ2n) is 7.14. The SMILES string of the molecule is CO/C=C(/C(=O)O)c1ccccc1COC1C(C(F)(F)F)=C(Br)N(CC(C)C)N1C. The van der Waals surface area contributed by atoms with E-state index >= 15 is 0 Å². The van der Waals surface area contributed by atoms with Crippen LogP contribution in [0, 0.1) is 5.92 Å². The Hall–Kier alpha value is -2.04. The van der Waals surface area contributed by atoms with Crippen molar-refractivity contribution in [1.29, 1.82) is 0 Å². The van der Waals surface area contributed by atoms with E-state index in [1.54, 1.807) is 24.3 Å². The number of benzene rings is 1. The molecule has 1 unspecified atom stereocenters. The van der Waals surface area contributed by atoms with Gasteiger partial charge in [0.05, 0.1) is 20.0 Å². The summed E-state index contributed by atoms with van der Waals surface area (Å²) in [6.45, 7) is 3.95. The molecule has 1 aliphatic heterocycles. The van der Waals surface area contributed by atoms with Gasteiger partial charge in [0.1, 0.15) is 15.8 Å². The zero-order valence-corrected chi connectivity index (χ0v) is 18.6. The van der Waals surface area contributed by atoms with Crippen molar-refractivity contribution in [2.45, 2.75) is 32.9 Å². The number of carboxylic acids is 1. The lowest BCUT2D eigenvalue weighted by Crippen LogP contribution is -2.43. The molecule has 0 amide bonds. The van der Waals surface area contributed by atoms with E-state index in [-0.39, 0.29) is 22.7 Å². The first-order valence-electron chi connectivity index (χ1n) is 9.12. The van der Waals surface area contributed by atoms with Crippen LogP contribution in [0.3, 0.4) is 0 Å². The Balaban J connectivity index is 2.35. The third-order valence-electron chi connectivity index (χ3n) is 4.43. The molecule has 1 aromatic carbocycles. The van der Waals surface area contributed by atoms with Gasteiger partial charge in [-0.3, -0.25) is 5.01 Å². The van der Waals surface area contributed by atoms with Crippen LogP contribution in [0.5, 0.6) is 0 Å². The summed E-state index contributed by atoms with van der Waals surface area (Å²) in [5.41, 5.74) is -0.223. The molecule has 1 heterocycles. The van der Waals surface area contributed by atoms with Crippen molar-refractivity contribution in [3.8, 4) is 0 Å². The first-order chi connectivity index (χ1) is 14.0. The predicted octanol–water partition coefficient (Wildman–Crippen LogP) is 4.59. The monoisotopic (exact) mass is 492 g/mol. The molecule has 0 spiro atoms. The van der Waals surface area contributed by atoms with Gasteiger partial charge in [0.2, 0.25) is 0 Å². The third-order valence-corrected chi connectivity index (χ3v) is 5.27. The summed E-state index contributed by atoms with van der Waals surface area (Å²) in [6.07, 6.45) is -4.92. The fourth-order valence-corrected chi connectivity index (χ4v) is 3.94. The molecular formula is C20H24BrF3N2O4. The minimum atomic E-state index is -4.61. The van der Waals surface area contributed by atoms with Crippen LogP contribution in [0.15, 0.2) is 40.7 Å². The Morgan fingerprint density at radius 1 is 1.33 bits per heavy atom. The molecule has 1 N–H and O–H groups in total. The van der Waals surface area contributed by atoms with Crippen LogP contribution in [0.25, 0.3) is 5.57 Å². The maximum Gasteiger partial charge on any atom is 0.419 e. The summed E-state index contributed by atoms with van der Waals surface area (Å²) in [4.78, 5) is 11.6. The number of hydrogen-bond donors (Lipinski definition) is 1.